The highest BCUT2D eigenvalue weighted by Gasteiger charge is 2.13. The van der Waals surface area contributed by atoms with Crippen molar-refractivity contribution < 1.29 is 0 Å². The molecule has 11 heavy (non-hydrogen) atoms. The van der Waals surface area contributed by atoms with E-state index in [1.165, 1.54) is 0 Å². The Kier molecular flexibility index (Phi) is 2.09. The van der Waals surface area contributed by atoms with Gasteiger partial charge >= 0.3 is 0 Å². The smallest absolute Gasteiger partial charge is 0.129 e. The van der Waals surface area contributed by atoms with Crippen LogP contribution in [0.2, 0.25) is 0 Å². The molecule has 0 bridgehead atoms. The molecule has 0 amide bonds. The van der Waals surface area contributed by atoms with Crippen LogP contribution < -0.4 is 0 Å². The summed E-state index contributed by atoms with van der Waals surface area (Å²) in [7, 11) is 0. The molecule has 1 heterocycles. The van der Waals surface area contributed by atoms with Crippen molar-refractivity contribution in [3.8, 4) is 0 Å². The Labute approximate surface area is 71.7 Å². The quantitative estimate of drug-likeness (QED) is 0.603. The Bertz CT molecular complexity index is 295. The van der Waals surface area contributed by atoms with E-state index in [0.717, 1.165) is 5.69 Å². The van der Waals surface area contributed by atoms with Gasteiger partial charge in [0, 0.05) is 11.1 Å². The van der Waals surface area contributed by atoms with Crippen LogP contribution in [0.4, 0.5) is 0 Å². The zero-order chi connectivity index (χ0) is 8.48. The molecule has 1 N–H and O–H groups in total. The molecule has 0 aromatic carbocycles. The number of nitrogens with zero attached hydrogens (tertiary/aromatic N) is 1. The van der Waals surface area contributed by atoms with Crippen LogP contribution in [0.5, 0.6) is 0 Å². The van der Waals surface area contributed by atoms with Crippen LogP contribution in [0, 0.1) is 4.64 Å². The molecule has 0 radical (unpaired) electrons. The Morgan fingerprint density at radius 3 is 2.45 bits per heavy atom. The predicted octanol–water partition coefficient (Wildman–Crippen LogP) is 2.44. The SMILES string of the molecule is CC(C)(C)c1cc(=S)nc[nH]1. The summed E-state index contributed by atoms with van der Waals surface area (Å²) in [4.78, 5) is 6.98. The van der Waals surface area contributed by atoms with Gasteiger partial charge in [0.25, 0.3) is 0 Å². The van der Waals surface area contributed by atoms with Gasteiger partial charge in [-0.2, -0.15) is 0 Å². The van der Waals surface area contributed by atoms with Gasteiger partial charge in [0.1, 0.15) is 4.64 Å². The number of nitrogens with one attached hydrogen (secondary N) is 1. The minimum absolute atomic E-state index is 0.122. The van der Waals surface area contributed by atoms with Crippen molar-refractivity contribution in [1.82, 2.24) is 9.97 Å². The summed E-state index contributed by atoms with van der Waals surface area (Å²) < 4.78 is 0.647. The average molecular weight is 168 g/mol. The molecule has 1 rings (SSSR count). The molecule has 2 nitrogen and oxygen atoms in total. The van der Waals surface area contributed by atoms with Crippen molar-refractivity contribution in [3.63, 3.8) is 0 Å². The number of aromatic amines is 1. The zero-order valence-electron chi connectivity index (χ0n) is 7.01. The zero-order valence-corrected chi connectivity index (χ0v) is 7.83. The second kappa shape index (κ2) is 2.74. The van der Waals surface area contributed by atoms with Crippen LogP contribution in [0.25, 0.3) is 0 Å². The van der Waals surface area contributed by atoms with Crippen LogP contribution >= 0.6 is 12.2 Å². The van der Waals surface area contributed by atoms with Crippen LogP contribution in [-0.4, -0.2) is 9.97 Å². The number of hydrogen-bond acceptors (Lipinski definition) is 2. The van der Waals surface area contributed by atoms with Crippen LogP contribution in [-0.2, 0) is 5.41 Å². The van der Waals surface area contributed by atoms with E-state index in [1.54, 1.807) is 6.33 Å². The van der Waals surface area contributed by atoms with E-state index in [9.17, 15) is 0 Å². The molecule has 60 valence electrons. The lowest BCUT2D eigenvalue weighted by atomic mass is 9.92. The molecule has 0 unspecified atom stereocenters. The molecule has 0 spiro atoms. The van der Waals surface area contributed by atoms with Gasteiger partial charge in [0.15, 0.2) is 0 Å². The lowest BCUT2D eigenvalue weighted by Gasteiger charge is -2.17. The number of hydrogen-bond donors (Lipinski definition) is 1. The van der Waals surface area contributed by atoms with Crippen molar-refractivity contribution in [3.05, 3.63) is 22.7 Å². The van der Waals surface area contributed by atoms with Gasteiger partial charge in [0.05, 0.1) is 6.33 Å². The molecule has 0 saturated heterocycles. The fourth-order valence-corrected chi connectivity index (χ4v) is 0.971. The molecule has 0 fully saturated rings. The molecule has 1 aromatic heterocycles. The molecule has 0 saturated carbocycles. The second-order valence-electron chi connectivity index (χ2n) is 3.55. The Morgan fingerprint density at radius 2 is 2.09 bits per heavy atom. The fraction of sp³-hybridized carbons (Fsp3) is 0.500. The van der Waals surface area contributed by atoms with Gasteiger partial charge in [-0.3, -0.25) is 0 Å². The first-order valence-electron chi connectivity index (χ1n) is 3.55. The molecule has 3 heteroatoms. The van der Waals surface area contributed by atoms with E-state index in [2.05, 4.69) is 30.7 Å². The summed E-state index contributed by atoms with van der Waals surface area (Å²) in [5.41, 5.74) is 1.24. The average Bonchev–Trinajstić information content (AvgIpc) is 1.86. The minimum atomic E-state index is 0.122. The lowest BCUT2D eigenvalue weighted by Crippen LogP contribution is -2.13. The van der Waals surface area contributed by atoms with E-state index >= 15 is 0 Å². The molecular formula is C8H12N2S. The molecule has 0 atom stereocenters. The highest BCUT2D eigenvalue weighted by atomic mass is 32.1. The molecule has 1 aromatic rings. The monoisotopic (exact) mass is 168 g/mol. The van der Waals surface area contributed by atoms with Gasteiger partial charge < -0.3 is 4.98 Å². The first kappa shape index (κ1) is 8.40. The number of aromatic nitrogens is 2. The lowest BCUT2D eigenvalue weighted by molar-refractivity contribution is 0.566. The minimum Gasteiger partial charge on any atom is -0.349 e. The first-order chi connectivity index (χ1) is 5.00. The van der Waals surface area contributed by atoms with Gasteiger partial charge in [-0.25, -0.2) is 4.98 Å². The highest BCUT2D eigenvalue weighted by Crippen LogP contribution is 2.18. The summed E-state index contributed by atoms with van der Waals surface area (Å²) in [5.74, 6) is 0. The third kappa shape index (κ3) is 2.12. The van der Waals surface area contributed by atoms with E-state index in [-0.39, 0.29) is 5.41 Å². The van der Waals surface area contributed by atoms with E-state index in [4.69, 9.17) is 12.2 Å². The van der Waals surface area contributed by atoms with Crippen LogP contribution in [0.1, 0.15) is 26.5 Å². The van der Waals surface area contributed by atoms with Gasteiger partial charge in [-0.1, -0.05) is 33.0 Å². The maximum Gasteiger partial charge on any atom is 0.129 e. The van der Waals surface area contributed by atoms with Crippen LogP contribution in [0.15, 0.2) is 12.4 Å². The predicted molar refractivity (Wildman–Crippen MR) is 48.1 cm³/mol. The summed E-state index contributed by atoms with van der Waals surface area (Å²) >= 11 is 4.94. The van der Waals surface area contributed by atoms with Crippen molar-refractivity contribution in [2.24, 2.45) is 0 Å². The standard InChI is InChI=1S/C8H12N2S/c1-8(2,3)6-4-7(11)10-5-9-6/h4-5H,1-3H3,(H,9,10,11). The van der Waals surface area contributed by atoms with E-state index in [0.29, 0.717) is 4.64 Å². The summed E-state index contributed by atoms with van der Waals surface area (Å²) in [6, 6.07) is 1.90. The normalized spacial score (nSPS) is 11.5. The van der Waals surface area contributed by atoms with E-state index in [1.807, 2.05) is 6.07 Å². The van der Waals surface area contributed by atoms with Crippen LogP contribution in [0.3, 0.4) is 0 Å². The Hall–Kier alpha value is -0.700. The Balaban J connectivity index is 3.16. The topological polar surface area (TPSA) is 28.7 Å². The van der Waals surface area contributed by atoms with Gasteiger partial charge in [0.2, 0.25) is 0 Å². The fourth-order valence-electron chi connectivity index (χ4n) is 0.801. The molecular weight excluding hydrogens is 156 g/mol. The molecule has 0 aliphatic carbocycles. The van der Waals surface area contributed by atoms with Gasteiger partial charge in [-0.05, 0) is 6.07 Å². The number of H-pyrrole nitrogens is 1. The largest absolute Gasteiger partial charge is 0.349 e. The highest BCUT2D eigenvalue weighted by molar-refractivity contribution is 7.71. The van der Waals surface area contributed by atoms with Crippen molar-refractivity contribution in [2.45, 2.75) is 26.2 Å². The first-order valence-corrected chi connectivity index (χ1v) is 3.96. The molecule has 0 aliphatic heterocycles. The summed E-state index contributed by atoms with van der Waals surface area (Å²) in [6.45, 7) is 6.40. The van der Waals surface area contributed by atoms with Crippen molar-refractivity contribution in [2.75, 3.05) is 0 Å². The number of rotatable bonds is 0. The maximum atomic E-state index is 4.94. The second-order valence-corrected chi connectivity index (χ2v) is 3.97. The third-order valence-electron chi connectivity index (χ3n) is 1.49. The van der Waals surface area contributed by atoms with Crippen molar-refractivity contribution in [1.29, 1.82) is 0 Å². The van der Waals surface area contributed by atoms with Crippen molar-refractivity contribution >= 4 is 12.2 Å². The summed E-state index contributed by atoms with van der Waals surface area (Å²) in [5, 5.41) is 0. The molecule has 0 aliphatic rings. The maximum absolute atomic E-state index is 4.94. The van der Waals surface area contributed by atoms with Gasteiger partial charge in [-0.15, -0.1) is 0 Å². The third-order valence-corrected chi connectivity index (χ3v) is 1.71. The summed E-state index contributed by atoms with van der Waals surface area (Å²) in [6.07, 6.45) is 1.64. The van der Waals surface area contributed by atoms with E-state index < -0.39 is 0 Å². The Morgan fingerprint density at radius 1 is 1.45 bits per heavy atom.